The molecule has 0 fully saturated rings. The van der Waals surface area contributed by atoms with E-state index in [1.54, 1.807) is 0 Å². The molecule has 8 rings (SSSR count). The first-order valence-electron chi connectivity index (χ1n) is 13.4. The van der Waals surface area contributed by atoms with Crippen LogP contribution in [0.3, 0.4) is 0 Å². The smallest absolute Gasteiger partial charge is 0.193 e. The van der Waals surface area contributed by atoms with Crippen LogP contribution in [0.25, 0.3) is 33.4 Å². The van der Waals surface area contributed by atoms with Gasteiger partial charge in [0, 0.05) is 11.1 Å². The molecule has 1 spiro atoms. The Bertz CT molecular complexity index is 1770. The second-order valence-corrected chi connectivity index (χ2v) is 10.4. The van der Waals surface area contributed by atoms with Crippen molar-refractivity contribution in [3.63, 3.8) is 0 Å². The highest BCUT2D eigenvalue weighted by Crippen LogP contribution is 2.59. The molecule has 0 N–H and O–H groups in total. The summed E-state index contributed by atoms with van der Waals surface area (Å²) in [6.45, 7) is 0. The average molecular weight is 497 g/mol. The van der Waals surface area contributed by atoms with Gasteiger partial charge in [-0.1, -0.05) is 133 Å². The number of hydrogen-bond donors (Lipinski definition) is 0. The van der Waals surface area contributed by atoms with E-state index in [1.165, 1.54) is 22.3 Å². The normalized spacial score (nSPS) is 13.9. The van der Waals surface area contributed by atoms with E-state index >= 15 is 0 Å². The van der Waals surface area contributed by atoms with Crippen molar-refractivity contribution < 1.29 is 4.79 Å². The Morgan fingerprint density at radius 1 is 0.333 bits per heavy atom. The monoisotopic (exact) mass is 496 g/mol. The first-order valence-corrected chi connectivity index (χ1v) is 13.4. The van der Waals surface area contributed by atoms with Gasteiger partial charge in [-0.2, -0.15) is 0 Å². The van der Waals surface area contributed by atoms with Gasteiger partial charge in [0.25, 0.3) is 0 Å². The molecule has 2 aliphatic rings. The van der Waals surface area contributed by atoms with Crippen molar-refractivity contribution in [2.75, 3.05) is 0 Å². The number of carbonyl (C=O) groups is 1. The molecule has 1 nitrogen and oxygen atoms in total. The number of benzene rings is 6. The summed E-state index contributed by atoms with van der Waals surface area (Å²) in [5.74, 6) is 0.0895. The quantitative estimate of drug-likeness (QED) is 0.233. The maximum atomic E-state index is 14.2. The summed E-state index contributed by atoms with van der Waals surface area (Å²) < 4.78 is 0. The fraction of sp³-hybridized carbons (Fsp3) is 0.0263. The topological polar surface area (TPSA) is 17.1 Å². The van der Waals surface area contributed by atoms with Crippen LogP contribution in [0, 0.1) is 0 Å². The van der Waals surface area contributed by atoms with Crippen LogP contribution in [0.5, 0.6) is 0 Å². The fourth-order valence-corrected chi connectivity index (χ4v) is 6.83. The zero-order valence-corrected chi connectivity index (χ0v) is 21.3. The van der Waals surface area contributed by atoms with Crippen molar-refractivity contribution in [2.45, 2.75) is 5.41 Å². The maximum absolute atomic E-state index is 14.2. The van der Waals surface area contributed by atoms with Crippen molar-refractivity contribution in [1.29, 1.82) is 0 Å². The van der Waals surface area contributed by atoms with E-state index < -0.39 is 5.41 Å². The molecule has 0 unspecified atom stereocenters. The minimum absolute atomic E-state index is 0.0895. The largest absolute Gasteiger partial charge is 0.289 e. The number of ketones is 1. The Balaban J connectivity index is 1.53. The first kappa shape index (κ1) is 22.0. The molecule has 0 atom stereocenters. The summed E-state index contributed by atoms with van der Waals surface area (Å²) in [4.78, 5) is 14.2. The van der Waals surface area contributed by atoms with Crippen LogP contribution in [0.2, 0.25) is 0 Å². The highest BCUT2D eigenvalue weighted by molar-refractivity contribution is 6.15. The van der Waals surface area contributed by atoms with Gasteiger partial charge in [0.05, 0.1) is 5.41 Å². The van der Waals surface area contributed by atoms with E-state index in [0.717, 1.165) is 44.5 Å². The Labute approximate surface area is 228 Å². The van der Waals surface area contributed by atoms with Crippen LogP contribution in [0.4, 0.5) is 0 Å². The molecule has 0 heterocycles. The van der Waals surface area contributed by atoms with Gasteiger partial charge < -0.3 is 0 Å². The molecule has 39 heavy (non-hydrogen) atoms. The lowest BCUT2D eigenvalue weighted by Gasteiger charge is -2.40. The molecule has 0 saturated heterocycles. The van der Waals surface area contributed by atoms with Gasteiger partial charge in [-0.3, -0.25) is 4.79 Å². The molecule has 1 heteroatoms. The van der Waals surface area contributed by atoms with E-state index in [-0.39, 0.29) is 5.78 Å². The Kier molecular flexibility index (Phi) is 4.65. The Hall–Kier alpha value is -5.01. The van der Waals surface area contributed by atoms with Crippen molar-refractivity contribution in [2.24, 2.45) is 0 Å². The third-order valence-electron chi connectivity index (χ3n) is 8.50. The standard InChI is InChI=1S/C38H24O/c39-37-31-21-19-27(25-11-3-1-4-12-25)23-35(31)38(33-17-9-7-15-29(33)30-16-8-10-18-34(30)38)36-24-28(20-22-32(36)37)26-13-5-2-6-14-26/h1-24H. The maximum Gasteiger partial charge on any atom is 0.193 e. The van der Waals surface area contributed by atoms with E-state index in [9.17, 15) is 4.79 Å². The first-order chi connectivity index (χ1) is 19.3. The molecule has 182 valence electrons. The van der Waals surface area contributed by atoms with E-state index in [1.807, 2.05) is 24.3 Å². The van der Waals surface area contributed by atoms with Crippen LogP contribution >= 0.6 is 0 Å². The molecule has 2 aliphatic carbocycles. The highest BCUT2D eigenvalue weighted by atomic mass is 16.1. The van der Waals surface area contributed by atoms with Crippen LogP contribution in [-0.2, 0) is 5.41 Å². The van der Waals surface area contributed by atoms with Gasteiger partial charge in [0.15, 0.2) is 5.78 Å². The summed E-state index contributed by atoms with van der Waals surface area (Å²) in [6.07, 6.45) is 0. The van der Waals surface area contributed by atoms with Gasteiger partial charge in [0.2, 0.25) is 0 Å². The lowest BCUT2D eigenvalue weighted by Crippen LogP contribution is -2.36. The predicted octanol–water partition coefficient (Wildman–Crippen LogP) is 8.93. The Morgan fingerprint density at radius 3 is 1.21 bits per heavy atom. The van der Waals surface area contributed by atoms with E-state index in [4.69, 9.17) is 0 Å². The van der Waals surface area contributed by atoms with E-state index in [2.05, 4.69) is 121 Å². The molecule has 6 aromatic carbocycles. The van der Waals surface area contributed by atoms with Crippen LogP contribution in [0.1, 0.15) is 38.2 Å². The second-order valence-electron chi connectivity index (χ2n) is 10.4. The molecule has 0 saturated carbocycles. The average Bonchev–Trinajstić information content (AvgIpc) is 3.31. The lowest BCUT2D eigenvalue weighted by atomic mass is 9.60. The SMILES string of the molecule is O=C1c2ccc(-c3ccccc3)cc2C2(c3cc(-c4ccccc4)ccc31)c1ccccc1-c1ccccc12. The molecule has 0 radical (unpaired) electrons. The number of hydrogen-bond acceptors (Lipinski definition) is 1. The number of carbonyl (C=O) groups excluding carboxylic acids is 1. The van der Waals surface area contributed by atoms with Crippen molar-refractivity contribution in [1.82, 2.24) is 0 Å². The van der Waals surface area contributed by atoms with E-state index in [0.29, 0.717) is 0 Å². The van der Waals surface area contributed by atoms with Crippen LogP contribution in [-0.4, -0.2) is 5.78 Å². The molecule has 0 bridgehead atoms. The molecule has 0 aromatic heterocycles. The van der Waals surface area contributed by atoms with Crippen LogP contribution < -0.4 is 0 Å². The summed E-state index contributed by atoms with van der Waals surface area (Å²) in [5.41, 5.74) is 12.5. The van der Waals surface area contributed by atoms with Gasteiger partial charge in [-0.05, 0) is 67.8 Å². The molecular weight excluding hydrogens is 472 g/mol. The third kappa shape index (κ3) is 2.99. The molecule has 0 aliphatic heterocycles. The fourth-order valence-electron chi connectivity index (χ4n) is 6.83. The van der Waals surface area contributed by atoms with Crippen molar-refractivity contribution >= 4 is 5.78 Å². The highest BCUT2D eigenvalue weighted by Gasteiger charge is 2.51. The van der Waals surface area contributed by atoms with Gasteiger partial charge >= 0.3 is 0 Å². The lowest BCUT2D eigenvalue weighted by molar-refractivity contribution is 0.103. The van der Waals surface area contributed by atoms with Crippen molar-refractivity contribution in [3.05, 3.63) is 179 Å². The minimum Gasteiger partial charge on any atom is -0.289 e. The molecule has 6 aromatic rings. The van der Waals surface area contributed by atoms with Crippen LogP contribution in [0.15, 0.2) is 146 Å². The Morgan fingerprint density at radius 2 is 0.744 bits per heavy atom. The van der Waals surface area contributed by atoms with Gasteiger partial charge in [-0.15, -0.1) is 0 Å². The molecular formula is C38H24O. The number of fused-ring (bicyclic) bond motifs is 9. The third-order valence-corrected chi connectivity index (χ3v) is 8.50. The van der Waals surface area contributed by atoms with Gasteiger partial charge in [-0.25, -0.2) is 0 Å². The summed E-state index contributed by atoms with van der Waals surface area (Å²) in [7, 11) is 0. The zero-order valence-electron chi connectivity index (χ0n) is 21.3. The molecule has 0 amide bonds. The second kappa shape index (κ2) is 8.24. The zero-order chi connectivity index (χ0) is 26.0. The van der Waals surface area contributed by atoms with Crippen molar-refractivity contribution in [3.8, 4) is 33.4 Å². The summed E-state index contributed by atoms with van der Waals surface area (Å²) in [5, 5.41) is 0. The summed E-state index contributed by atoms with van der Waals surface area (Å²) in [6, 6.07) is 51.1. The number of rotatable bonds is 2. The summed E-state index contributed by atoms with van der Waals surface area (Å²) >= 11 is 0. The predicted molar refractivity (Wildman–Crippen MR) is 158 cm³/mol. The van der Waals surface area contributed by atoms with Gasteiger partial charge in [0.1, 0.15) is 0 Å². The minimum atomic E-state index is -0.596.